The number of aliphatic carboxylic acids is 1. The molecule has 0 bridgehead atoms. The highest BCUT2D eigenvalue weighted by molar-refractivity contribution is 6.00. The minimum Gasteiger partial charge on any atom is -0.481 e. The summed E-state index contributed by atoms with van der Waals surface area (Å²) in [6.45, 7) is 3.64. The van der Waals surface area contributed by atoms with Crippen molar-refractivity contribution < 1.29 is 57.2 Å². The molecule has 2 saturated heterocycles. The van der Waals surface area contributed by atoms with Gasteiger partial charge in [0, 0.05) is 119 Å². The Kier molecular flexibility index (Phi) is 18.3. The number of aliphatic hydroxyl groups excluding tert-OH is 1. The Hall–Kier alpha value is -5.39. The van der Waals surface area contributed by atoms with Gasteiger partial charge < -0.3 is 48.7 Å². The maximum Gasteiger partial charge on any atom is 0.303 e. The number of carbonyl (C=O) groups is 5. The van der Waals surface area contributed by atoms with Gasteiger partial charge in [-0.1, -0.05) is 0 Å². The van der Waals surface area contributed by atoms with Gasteiger partial charge in [0.1, 0.15) is 6.61 Å². The van der Waals surface area contributed by atoms with Crippen LogP contribution in [0.3, 0.4) is 0 Å². The van der Waals surface area contributed by atoms with Gasteiger partial charge in [0.15, 0.2) is 0 Å². The first-order valence-electron chi connectivity index (χ1n) is 25.5. The number of benzene rings is 2. The number of fused-ring (bicyclic) bond motifs is 6. The summed E-state index contributed by atoms with van der Waals surface area (Å²) in [6, 6.07) is 10.5. The van der Waals surface area contributed by atoms with Crippen LogP contribution in [0.1, 0.15) is 114 Å². The van der Waals surface area contributed by atoms with Crippen molar-refractivity contribution in [2.75, 3.05) is 60.3 Å². The van der Waals surface area contributed by atoms with E-state index in [1.807, 2.05) is 36.4 Å². The van der Waals surface area contributed by atoms with Crippen molar-refractivity contribution in [1.29, 1.82) is 0 Å². The largest absolute Gasteiger partial charge is 0.481 e. The lowest BCUT2D eigenvalue weighted by Crippen LogP contribution is -2.40. The average Bonchev–Trinajstić information content (AvgIpc) is 3.83. The normalized spacial score (nSPS) is 19.3. The lowest BCUT2D eigenvalue weighted by Gasteiger charge is -2.33. The molecular formula is C54H73F2N5O10. The molecule has 4 aliphatic rings. The van der Waals surface area contributed by atoms with Crippen LogP contribution in [0.2, 0.25) is 0 Å². The molecule has 3 amide bonds. The number of ether oxygens (including phenoxy) is 3. The molecule has 4 heterocycles. The van der Waals surface area contributed by atoms with Crippen LogP contribution in [0.4, 0.5) is 8.78 Å². The molecule has 0 saturated carbocycles. The van der Waals surface area contributed by atoms with E-state index in [2.05, 4.69) is 28.5 Å². The molecule has 3 N–H and O–H groups in total. The molecule has 388 valence electrons. The molecule has 2 aliphatic carbocycles. The maximum atomic E-state index is 13.4. The molecule has 2 aromatic carbocycles. The Labute approximate surface area is 415 Å². The van der Waals surface area contributed by atoms with Gasteiger partial charge in [0.2, 0.25) is 5.91 Å². The molecular weight excluding hydrogens is 917 g/mol. The van der Waals surface area contributed by atoms with E-state index >= 15 is 0 Å². The smallest absolute Gasteiger partial charge is 0.303 e. The van der Waals surface area contributed by atoms with Crippen molar-refractivity contribution in [1.82, 2.24) is 24.3 Å². The second-order valence-corrected chi connectivity index (χ2v) is 20.1. The Morgan fingerprint density at radius 2 is 1.18 bits per heavy atom. The third-order valence-electron chi connectivity index (χ3n) is 15.9. The molecule has 71 heavy (non-hydrogen) atoms. The first-order valence-corrected chi connectivity index (χ1v) is 25.5. The fourth-order valence-electron chi connectivity index (χ4n) is 11.7. The van der Waals surface area contributed by atoms with Gasteiger partial charge in [0.25, 0.3) is 18.2 Å². The van der Waals surface area contributed by atoms with Crippen molar-refractivity contribution in [3.8, 4) is 0 Å². The van der Waals surface area contributed by atoms with Crippen LogP contribution in [-0.4, -0.2) is 138 Å². The lowest BCUT2D eigenvalue weighted by molar-refractivity contribution is -0.142. The van der Waals surface area contributed by atoms with Crippen molar-refractivity contribution in [3.05, 3.63) is 70.0 Å². The molecule has 8 rings (SSSR count). The molecule has 0 unspecified atom stereocenters. The van der Waals surface area contributed by atoms with E-state index in [1.165, 1.54) is 52.1 Å². The number of hydrogen-bond donors (Lipinski definition) is 3. The van der Waals surface area contributed by atoms with Gasteiger partial charge in [-0.3, -0.25) is 24.0 Å². The van der Waals surface area contributed by atoms with Crippen LogP contribution in [0.5, 0.6) is 0 Å². The predicted octanol–water partition coefficient (Wildman–Crippen LogP) is 6.88. The highest BCUT2D eigenvalue weighted by Crippen LogP contribution is 2.41. The molecule has 17 heteroatoms. The standard InChI is InChI=1S/C27H37F2N3O4.C27H36N2O6/c1-31(20(16-33)5-8-26(34)30-15-25(28)29)27(35)19-4-7-24-22(14-19)21-13-18(3-6-23(21)32(24)2)17-9-11-36-12-10-17;1-17(30)35-16-21(6-9-26(31)32)28(2)27(33)20-5-8-25-23(15-20)22-14-19(4-7-24(22)29(25)3)18-10-12-34-13-11-18/h4,7,14,17-18,20,25,33H,3,5-6,8-13,15-16H2,1-2H3,(H,30,34);5,8,15,18-19,21H,4,6-7,9-14,16H2,1-3H3,(H,31,32)/t18-,20+;19-,21+/m11/s1. The number of amides is 3. The summed E-state index contributed by atoms with van der Waals surface area (Å²) >= 11 is 0. The van der Waals surface area contributed by atoms with Crippen LogP contribution in [-0.2, 0) is 68.4 Å². The zero-order chi connectivity index (χ0) is 50.9. The zero-order valence-electron chi connectivity index (χ0n) is 42.1. The first kappa shape index (κ1) is 53.4. The summed E-state index contributed by atoms with van der Waals surface area (Å²) in [7, 11) is 7.44. The summed E-state index contributed by atoms with van der Waals surface area (Å²) in [4.78, 5) is 64.0. The van der Waals surface area contributed by atoms with E-state index < -0.39 is 42.9 Å². The summed E-state index contributed by atoms with van der Waals surface area (Å²) < 4.78 is 45.4. The van der Waals surface area contributed by atoms with Crippen LogP contribution in [0.25, 0.3) is 21.8 Å². The number of likely N-dealkylation sites (N-methyl/N-ethyl adjacent to an activating group) is 2. The van der Waals surface area contributed by atoms with Gasteiger partial charge in [-0.2, -0.15) is 0 Å². The average molecular weight is 990 g/mol. The zero-order valence-corrected chi connectivity index (χ0v) is 42.1. The van der Waals surface area contributed by atoms with E-state index in [0.717, 1.165) is 99.6 Å². The molecule has 4 aromatic rings. The number of nitrogens with one attached hydrogen (secondary N) is 1. The first-order chi connectivity index (χ1) is 34.1. The third kappa shape index (κ3) is 12.8. The highest BCUT2D eigenvalue weighted by Gasteiger charge is 2.34. The summed E-state index contributed by atoms with van der Waals surface area (Å²) in [6.07, 6.45) is 8.59. The molecule has 0 radical (unpaired) electrons. The van der Waals surface area contributed by atoms with Crippen LogP contribution in [0, 0.1) is 23.7 Å². The van der Waals surface area contributed by atoms with Crippen molar-refractivity contribution >= 4 is 51.5 Å². The van der Waals surface area contributed by atoms with Gasteiger partial charge in [-0.05, 0) is 148 Å². The van der Waals surface area contributed by atoms with E-state index in [9.17, 15) is 37.9 Å². The van der Waals surface area contributed by atoms with E-state index in [0.29, 0.717) is 34.8 Å². The van der Waals surface area contributed by atoms with Crippen LogP contribution in [0.15, 0.2) is 36.4 Å². The number of esters is 1. The molecule has 0 spiro atoms. The molecule has 15 nitrogen and oxygen atoms in total. The van der Waals surface area contributed by atoms with Gasteiger partial charge in [-0.25, -0.2) is 8.78 Å². The number of rotatable bonds is 17. The number of alkyl halides is 2. The monoisotopic (exact) mass is 990 g/mol. The molecule has 2 aromatic heterocycles. The minimum absolute atomic E-state index is 0.0272. The van der Waals surface area contributed by atoms with E-state index in [-0.39, 0.29) is 50.7 Å². The number of carbonyl (C=O) groups excluding carboxylic acids is 4. The summed E-state index contributed by atoms with van der Waals surface area (Å²) in [5.74, 6) is 0.277. The minimum atomic E-state index is -2.61. The fraction of sp³-hybridized carbons (Fsp3) is 0.611. The number of aliphatic hydroxyl groups is 1. The van der Waals surface area contributed by atoms with E-state index in [4.69, 9.17) is 19.3 Å². The van der Waals surface area contributed by atoms with Crippen molar-refractivity contribution in [2.24, 2.45) is 37.8 Å². The SMILES string of the molecule is CC(=O)OC[C@H](CCC(=O)O)N(C)C(=O)c1ccc2c(c1)c1c(n2C)CC[C@@H](C2CCOCC2)C1.CN(C(=O)c1ccc2c(c1)c1c(n2C)CC[C@@H](C2CCOCC2)C1)[C@H](CO)CCC(=O)NCC(F)F. The number of carboxylic acid groups (broad SMARTS) is 1. The molecule has 4 atom stereocenters. The highest BCUT2D eigenvalue weighted by atomic mass is 19.3. The topological polar surface area (TPSA) is 182 Å². The number of hydrogen-bond acceptors (Lipinski definition) is 9. The fourth-order valence-corrected chi connectivity index (χ4v) is 11.7. The Morgan fingerprint density at radius 1 is 0.718 bits per heavy atom. The Bertz CT molecular complexity index is 2510. The third-order valence-corrected chi connectivity index (χ3v) is 15.9. The Balaban J connectivity index is 0.000000209. The van der Waals surface area contributed by atoms with Crippen molar-refractivity contribution in [3.63, 3.8) is 0 Å². The van der Waals surface area contributed by atoms with Gasteiger partial charge in [0.05, 0.1) is 25.2 Å². The maximum absolute atomic E-state index is 13.4. The summed E-state index contributed by atoms with van der Waals surface area (Å²) in [5, 5.41) is 23.3. The number of carboxylic acids is 1. The second kappa shape index (κ2) is 24.4. The van der Waals surface area contributed by atoms with Gasteiger partial charge in [-0.15, -0.1) is 0 Å². The number of halogens is 2. The molecule has 2 fully saturated rings. The Morgan fingerprint density at radius 3 is 1.62 bits per heavy atom. The summed E-state index contributed by atoms with van der Waals surface area (Å²) in [5.41, 5.74) is 8.72. The van der Waals surface area contributed by atoms with E-state index in [1.54, 1.807) is 14.1 Å². The lowest BCUT2D eigenvalue weighted by atomic mass is 9.75. The van der Waals surface area contributed by atoms with Crippen molar-refractivity contribution in [2.45, 2.75) is 115 Å². The van der Waals surface area contributed by atoms with Crippen LogP contribution < -0.4 is 5.32 Å². The molecule has 2 aliphatic heterocycles. The number of nitrogens with zero attached hydrogens (tertiary/aromatic N) is 4. The number of aromatic nitrogens is 2. The predicted molar refractivity (Wildman–Crippen MR) is 265 cm³/mol. The second-order valence-electron chi connectivity index (χ2n) is 20.1. The van der Waals surface area contributed by atoms with Crippen LogP contribution >= 0.6 is 0 Å². The quantitative estimate of drug-likeness (QED) is 0.0944. The van der Waals surface area contributed by atoms with Gasteiger partial charge >= 0.3 is 11.9 Å². The number of aryl methyl sites for hydroxylation is 2.